The quantitative estimate of drug-likeness (QED) is 0.0944. The van der Waals surface area contributed by atoms with Crippen molar-refractivity contribution < 1.29 is 39.4 Å². The molecular formula is C25H50O8. The van der Waals surface area contributed by atoms with E-state index in [-0.39, 0.29) is 19.2 Å². The molecule has 0 aromatic carbocycles. The van der Waals surface area contributed by atoms with Gasteiger partial charge in [-0.25, -0.2) is 0 Å². The Morgan fingerprint density at radius 3 is 1.48 bits per heavy atom. The van der Waals surface area contributed by atoms with Gasteiger partial charge in [-0.05, 0) is 13.3 Å². The monoisotopic (exact) mass is 478 g/mol. The first-order valence-corrected chi connectivity index (χ1v) is 12.9. The first-order valence-electron chi connectivity index (χ1n) is 12.9. The van der Waals surface area contributed by atoms with Crippen molar-refractivity contribution in [3.63, 3.8) is 0 Å². The highest BCUT2D eigenvalue weighted by Gasteiger charge is 2.24. The molecule has 0 rings (SSSR count). The molecule has 0 aliphatic rings. The van der Waals surface area contributed by atoms with Gasteiger partial charge in [0.25, 0.3) is 0 Å². The molecule has 0 bridgehead atoms. The van der Waals surface area contributed by atoms with Crippen LogP contribution in [-0.2, 0) is 19.0 Å². The minimum Gasteiger partial charge on any atom is -0.457 e. The van der Waals surface area contributed by atoms with Crippen LogP contribution in [0.5, 0.6) is 0 Å². The molecule has 0 heterocycles. The van der Waals surface area contributed by atoms with E-state index in [0.29, 0.717) is 6.42 Å². The molecule has 3 atom stereocenters. The highest BCUT2D eigenvalue weighted by atomic mass is 16.7. The van der Waals surface area contributed by atoms with Crippen LogP contribution in [0, 0.1) is 0 Å². The maximum atomic E-state index is 12.1. The Morgan fingerprint density at radius 2 is 1.09 bits per heavy atom. The van der Waals surface area contributed by atoms with Crippen molar-refractivity contribution in [1.29, 1.82) is 0 Å². The van der Waals surface area contributed by atoms with Crippen molar-refractivity contribution in [3.8, 4) is 0 Å². The maximum absolute atomic E-state index is 12.1. The third-order valence-corrected chi connectivity index (χ3v) is 5.51. The van der Waals surface area contributed by atoms with Crippen LogP contribution in [0.15, 0.2) is 0 Å². The van der Waals surface area contributed by atoms with Gasteiger partial charge in [0.05, 0.1) is 26.4 Å². The Kier molecular flexibility index (Phi) is 22.5. The molecule has 0 fully saturated rings. The first kappa shape index (κ1) is 32.2. The van der Waals surface area contributed by atoms with Gasteiger partial charge in [0.15, 0.2) is 6.29 Å². The Morgan fingerprint density at radius 1 is 0.697 bits per heavy atom. The van der Waals surface area contributed by atoms with Crippen molar-refractivity contribution in [2.45, 2.75) is 128 Å². The normalized spacial score (nSPS) is 15.2. The molecule has 0 aromatic rings. The third-order valence-electron chi connectivity index (χ3n) is 5.51. The lowest BCUT2D eigenvalue weighted by molar-refractivity contribution is -0.222. The van der Waals surface area contributed by atoms with Crippen molar-refractivity contribution >= 4 is 5.97 Å². The van der Waals surface area contributed by atoms with Crippen LogP contribution in [0.1, 0.15) is 104 Å². The van der Waals surface area contributed by atoms with E-state index >= 15 is 0 Å². The lowest BCUT2D eigenvalue weighted by Gasteiger charge is -2.26. The molecule has 198 valence electrons. The number of hydrogen-bond donors (Lipinski definition) is 4. The topological polar surface area (TPSA) is 126 Å². The van der Waals surface area contributed by atoms with Crippen molar-refractivity contribution in [1.82, 2.24) is 0 Å². The third kappa shape index (κ3) is 20.3. The predicted molar refractivity (Wildman–Crippen MR) is 128 cm³/mol. The number of hydrogen-bond acceptors (Lipinski definition) is 8. The minimum atomic E-state index is -1.09. The number of aliphatic hydroxyl groups excluding tert-OH is 4. The zero-order chi connectivity index (χ0) is 24.7. The van der Waals surface area contributed by atoms with Crippen LogP contribution >= 0.6 is 0 Å². The summed E-state index contributed by atoms with van der Waals surface area (Å²) >= 11 is 0. The van der Waals surface area contributed by atoms with E-state index in [1.165, 1.54) is 64.2 Å². The molecule has 0 saturated carbocycles. The second kappa shape index (κ2) is 23.0. The molecule has 0 aliphatic carbocycles. The molecule has 0 spiro atoms. The maximum Gasteiger partial charge on any atom is 0.306 e. The molecule has 33 heavy (non-hydrogen) atoms. The molecule has 8 nitrogen and oxygen atoms in total. The van der Waals surface area contributed by atoms with E-state index < -0.39 is 37.8 Å². The summed E-state index contributed by atoms with van der Waals surface area (Å²) in [5, 5.41) is 36.7. The summed E-state index contributed by atoms with van der Waals surface area (Å²) in [4.78, 5) is 12.1. The number of esters is 1. The van der Waals surface area contributed by atoms with Crippen LogP contribution in [-0.4, -0.2) is 77.4 Å². The van der Waals surface area contributed by atoms with Gasteiger partial charge in [-0.15, -0.1) is 0 Å². The highest BCUT2D eigenvalue weighted by Crippen LogP contribution is 2.14. The summed E-state index contributed by atoms with van der Waals surface area (Å²) in [6.45, 7) is 2.48. The lowest BCUT2D eigenvalue weighted by Crippen LogP contribution is -2.38. The van der Waals surface area contributed by atoms with E-state index in [9.17, 15) is 15.0 Å². The van der Waals surface area contributed by atoms with Crippen LogP contribution < -0.4 is 0 Å². The molecule has 0 saturated heterocycles. The summed E-state index contributed by atoms with van der Waals surface area (Å²) < 4.78 is 16.1. The Bertz CT molecular complexity index is 421. The Balaban J connectivity index is 3.90. The molecule has 8 heteroatoms. The zero-order valence-corrected chi connectivity index (χ0v) is 21.0. The lowest BCUT2D eigenvalue weighted by atomic mass is 10.0. The standard InChI is InChI=1S/C25H50O8/c1-3-4-5-6-7-8-9-10-11-12-13-14-15-16-24(30)33-21(2)25(31-19-22(28)17-26)32-20-23(29)18-27/h21-23,25-29H,3-20H2,1-2H3. The van der Waals surface area contributed by atoms with E-state index in [4.69, 9.17) is 24.4 Å². The molecule has 0 aromatic heterocycles. The summed E-state index contributed by atoms with van der Waals surface area (Å²) in [5.74, 6) is -0.354. The summed E-state index contributed by atoms with van der Waals surface area (Å²) in [6, 6.07) is 0. The van der Waals surface area contributed by atoms with Crippen LogP contribution in [0.3, 0.4) is 0 Å². The average Bonchev–Trinajstić information content (AvgIpc) is 2.81. The molecule has 3 unspecified atom stereocenters. The number of aliphatic hydroxyl groups is 4. The van der Waals surface area contributed by atoms with Gasteiger partial charge >= 0.3 is 5.97 Å². The van der Waals surface area contributed by atoms with Crippen LogP contribution in [0.4, 0.5) is 0 Å². The predicted octanol–water partition coefficient (Wildman–Crippen LogP) is 3.47. The SMILES string of the molecule is CCCCCCCCCCCCCCCC(=O)OC(C)C(OCC(O)CO)OCC(O)CO. The van der Waals surface area contributed by atoms with Crippen LogP contribution in [0.2, 0.25) is 0 Å². The smallest absolute Gasteiger partial charge is 0.306 e. The van der Waals surface area contributed by atoms with Gasteiger partial charge in [-0.3, -0.25) is 4.79 Å². The fraction of sp³-hybridized carbons (Fsp3) is 0.960. The molecular weight excluding hydrogens is 428 g/mol. The second-order valence-electron chi connectivity index (χ2n) is 8.90. The Hall–Kier alpha value is -0.770. The fourth-order valence-corrected chi connectivity index (χ4v) is 3.45. The average molecular weight is 479 g/mol. The molecule has 0 aliphatic heterocycles. The van der Waals surface area contributed by atoms with E-state index in [2.05, 4.69) is 6.92 Å². The molecule has 0 radical (unpaired) electrons. The van der Waals surface area contributed by atoms with Crippen molar-refractivity contribution in [2.24, 2.45) is 0 Å². The molecule has 0 amide bonds. The number of ether oxygens (including phenoxy) is 3. The second-order valence-corrected chi connectivity index (χ2v) is 8.90. The van der Waals surface area contributed by atoms with E-state index in [0.717, 1.165) is 19.3 Å². The number of carbonyl (C=O) groups excluding carboxylic acids is 1. The molecule has 4 N–H and O–H groups in total. The fourth-order valence-electron chi connectivity index (χ4n) is 3.45. The van der Waals surface area contributed by atoms with Gasteiger partial charge in [0, 0.05) is 6.42 Å². The summed E-state index contributed by atoms with van der Waals surface area (Å²) in [5.41, 5.74) is 0. The van der Waals surface area contributed by atoms with E-state index in [1.54, 1.807) is 6.92 Å². The van der Waals surface area contributed by atoms with Gasteiger partial charge < -0.3 is 34.6 Å². The van der Waals surface area contributed by atoms with Crippen molar-refractivity contribution in [3.05, 3.63) is 0 Å². The highest BCUT2D eigenvalue weighted by molar-refractivity contribution is 5.69. The largest absolute Gasteiger partial charge is 0.457 e. The zero-order valence-electron chi connectivity index (χ0n) is 21.0. The summed E-state index contributed by atoms with van der Waals surface area (Å²) in [7, 11) is 0. The Labute approximate surface area is 200 Å². The van der Waals surface area contributed by atoms with Gasteiger partial charge in [-0.1, -0.05) is 84.0 Å². The summed E-state index contributed by atoms with van der Waals surface area (Å²) in [6.07, 6.45) is 12.4. The van der Waals surface area contributed by atoms with Crippen molar-refractivity contribution in [2.75, 3.05) is 26.4 Å². The van der Waals surface area contributed by atoms with Crippen LogP contribution in [0.25, 0.3) is 0 Å². The number of rotatable bonds is 24. The van der Waals surface area contributed by atoms with Gasteiger partial charge in [0.2, 0.25) is 0 Å². The van der Waals surface area contributed by atoms with Gasteiger partial charge in [-0.2, -0.15) is 0 Å². The van der Waals surface area contributed by atoms with Gasteiger partial charge in [0.1, 0.15) is 18.3 Å². The number of unbranched alkanes of at least 4 members (excludes halogenated alkanes) is 12. The minimum absolute atomic E-state index is 0.211. The number of carbonyl (C=O) groups is 1. The first-order chi connectivity index (χ1) is 15.9. The van der Waals surface area contributed by atoms with E-state index in [1.807, 2.05) is 0 Å².